The van der Waals surface area contributed by atoms with Crippen molar-refractivity contribution in [1.82, 2.24) is 25.1 Å². The maximum absolute atomic E-state index is 13.9. The summed E-state index contributed by atoms with van der Waals surface area (Å²) >= 11 is 0. The van der Waals surface area contributed by atoms with Crippen molar-refractivity contribution in [2.24, 2.45) is 0 Å². The van der Waals surface area contributed by atoms with Gasteiger partial charge in [-0.15, -0.1) is 0 Å². The van der Waals surface area contributed by atoms with Crippen molar-refractivity contribution < 1.29 is 14.4 Å². The van der Waals surface area contributed by atoms with Crippen molar-refractivity contribution in [2.75, 3.05) is 20.1 Å². The van der Waals surface area contributed by atoms with Crippen LogP contribution in [0.5, 0.6) is 0 Å². The number of hydrogen-bond acceptors (Lipinski definition) is 4. The Morgan fingerprint density at radius 3 is 2.44 bits per heavy atom. The number of allylic oxidation sites excluding steroid dienone is 4. The molecule has 4 amide bonds. The number of carbonyl (C=O) groups is 3. The molecule has 3 atom stereocenters. The number of piperazine rings is 1. The van der Waals surface area contributed by atoms with Gasteiger partial charge in [-0.1, -0.05) is 97.1 Å². The second-order valence-corrected chi connectivity index (χ2v) is 9.98. The maximum Gasteiger partial charge on any atom is 0.332 e. The second-order valence-electron chi connectivity index (χ2n) is 9.98. The zero-order chi connectivity index (χ0) is 27.9. The minimum absolute atomic E-state index is 0.0242. The molecule has 204 valence electrons. The van der Waals surface area contributed by atoms with Crippen molar-refractivity contribution in [3.63, 3.8) is 0 Å². The lowest BCUT2D eigenvalue weighted by molar-refractivity contribution is -0.159. The van der Waals surface area contributed by atoms with Crippen LogP contribution in [0.15, 0.2) is 97.1 Å². The van der Waals surface area contributed by atoms with E-state index in [1.807, 2.05) is 97.6 Å². The molecule has 0 bridgehead atoms. The minimum Gasteiger partial charge on any atom is -0.333 e. The number of fused-ring (bicyclic) bond motifs is 1. The SMILES string of the molecule is C=C/C=C\C=C(/C)C[C@H]1C(=O)N([C@@H](C)c2ccccc2)C[C@H]2N1C(=O)CN2N(C)C(=O)NCc1ccccc1. The Labute approximate surface area is 230 Å². The van der Waals surface area contributed by atoms with Crippen molar-refractivity contribution in [3.05, 3.63) is 108 Å². The lowest BCUT2D eigenvalue weighted by Crippen LogP contribution is -2.65. The monoisotopic (exact) mass is 527 g/mol. The third kappa shape index (κ3) is 6.29. The number of urea groups is 1. The Bertz CT molecular complexity index is 1240. The smallest absolute Gasteiger partial charge is 0.332 e. The largest absolute Gasteiger partial charge is 0.333 e. The predicted octanol–water partition coefficient (Wildman–Crippen LogP) is 4.26. The molecule has 0 unspecified atom stereocenters. The maximum atomic E-state index is 13.9. The summed E-state index contributed by atoms with van der Waals surface area (Å²) in [6.07, 6.45) is 7.26. The Kier molecular flexibility index (Phi) is 8.99. The van der Waals surface area contributed by atoms with Crippen molar-refractivity contribution in [1.29, 1.82) is 0 Å². The summed E-state index contributed by atoms with van der Waals surface area (Å²) in [5.74, 6) is -0.253. The van der Waals surface area contributed by atoms with E-state index in [1.165, 1.54) is 5.01 Å². The van der Waals surface area contributed by atoms with Gasteiger partial charge in [0.05, 0.1) is 19.1 Å². The van der Waals surface area contributed by atoms with Crippen LogP contribution in [-0.2, 0) is 16.1 Å². The van der Waals surface area contributed by atoms with E-state index >= 15 is 0 Å². The molecule has 0 spiro atoms. The van der Waals surface area contributed by atoms with E-state index in [0.717, 1.165) is 16.7 Å². The topological polar surface area (TPSA) is 76.2 Å². The molecular weight excluding hydrogens is 490 g/mol. The van der Waals surface area contributed by atoms with Gasteiger partial charge in [-0.05, 0) is 31.4 Å². The lowest BCUT2D eigenvalue weighted by Gasteiger charge is -2.47. The van der Waals surface area contributed by atoms with Gasteiger partial charge in [0.1, 0.15) is 12.2 Å². The first kappa shape index (κ1) is 27.9. The Morgan fingerprint density at radius 2 is 1.77 bits per heavy atom. The van der Waals surface area contributed by atoms with E-state index in [2.05, 4.69) is 11.9 Å². The van der Waals surface area contributed by atoms with E-state index < -0.39 is 12.2 Å². The zero-order valence-corrected chi connectivity index (χ0v) is 22.9. The number of benzene rings is 2. The molecule has 2 saturated heterocycles. The highest BCUT2D eigenvalue weighted by molar-refractivity contribution is 5.92. The van der Waals surface area contributed by atoms with Crippen LogP contribution in [0.2, 0.25) is 0 Å². The summed E-state index contributed by atoms with van der Waals surface area (Å²) in [6.45, 7) is 8.35. The van der Waals surface area contributed by atoms with E-state index in [0.29, 0.717) is 19.5 Å². The molecule has 2 aliphatic rings. The molecule has 2 aromatic rings. The van der Waals surface area contributed by atoms with E-state index in [9.17, 15) is 14.4 Å². The van der Waals surface area contributed by atoms with Gasteiger partial charge in [0.25, 0.3) is 0 Å². The van der Waals surface area contributed by atoms with Gasteiger partial charge < -0.3 is 15.1 Å². The van der Waals surface area contributed by atoms with Gasteiger partial charge in [0, 0.05) is 13.6 Å². The predicted molar refractivity (Wildman–Crippen MR) is 152 cm³/mol. The van der Waals surface area contributed by atoms with E-state index in [1.54, 1.807) is 23.0 Å². The summed E-state index contributed by atoms with van der Waals surface area (Å²) in [7, 11) is 1.67. The second kappa shape index (κ2) is 12.6. The van der Waals surface area contributed by atoms with Gasteiger partial charge in [-0.25, -0.2) is 4.79 Å². The summed E-state index contributed by atoms with van der Waals surface area (Å²) in [5.41, 5.74) is 2.97. The fourth-order valence-electron chi connectivity index (χ4n) is 5.20. The number of nitrogens with one attached hydrogen (secondary N) is 1. The Hall–Kier alpha value is -4.17. The molecular formula is C31H37N5O3. The molecule has 0 radical (unpaired) electrons. The molecule has 2 aliphatic heterocycles. The van der Waals surface area contributed by atoms with Crippen LogP contribution in [-0.4, -0.2) is 70.0 Å². The van der Waals surface area contributed by atoms with Crippen molar-refractivity contribution in [3.8, 4) is 0 Å². The molecule has 39 heavy (non-hydrogen) atoms. The molecule has 2 fully saturated rings. The van der Waals surface area contributed by atoms with Gasteiger partial charge in [0.15, 0.2) is 0 Å². The number of amides is 4. The lowest BCUT2D eigenvalue weighted by atomic mass is 9.98. The van der Waals surface area contributed by atoms with Crippen LogP contribution in [0.1, 0.15) is 37.4 Å². The van der Waals surface area contributed by atoms with Crippen LogP contribution >= 0.6 is 0 Å². The molecule has 2 heterocycles. The number of rotatable bonds is 9. The van der Waals surface area contributed by atoms with E-state index in [4.69, 9.17) is 0 Å². The van der Waals surface area contributed by atoms with Gasteiger partial charge in [0.2, 0.25) is 11.8 Å². The highest BCUT2D eigenvalue weighted by atomic mass is 16.2. The quantitative estimate of drug-likeness (QED) is 0.495. The van der Waals surface area contributed by atoms with Crippen LogP contribution in [0.4, 0.5) is 4.79 Å². The van der Waals surface area contributed by atoms with Gasteiger partial charge in [-0.2, -0.15) is 5.01 Å². The van der Waals surface area contributed by atoms with Gasteiger partial charge >= 0.3 is 6.03 Å². The van der Waals surface area contributed by atoms with Crippen LogP contribution in [0.3, 0.4) is 0 Å². The molecule has 8 heteroatoms. The number of nitrogens with zero attached hydrogens (tertiary/aromatic N) is 4. The first-order valence-corrected chi connectivity index (χ1v) is 13.2. The first-order chi connectivity index (χ1) is 18.8. The van der Waals surface area contributed by atoms with E-state index in [-0.39, 0.29) is 30.4 Å². The molecule has 0 aromatic heterocycles. The molecule has 0 saturated carbocycles. The summed E-state index contributed by atoms with van der Waals surface area (Å²) < 4.78 is 0. The standard InChI is InChI=1S/C31H37N5O3/c1-5-6-9-14-23(2)19-27-30(38)34(24(3)26-17-12-8-13-18-26)21-28-35(22-29(37)36(27)28)33(4)31(39)32-20-25-15-10-7-11-16-25/h5-18,24,27-28H,1,19-22H2,2-4H3,(H,32,39)/b9-6-,23-14+/t24-,27-,28+/m0/s1. The number of hydrogen-bond donors (Lipinski definition) is 1. The average molecular weight is 528 g/mol. The normalized spacial score (nSPS) is 20.7. The van der Waals surface area contributed by atoms with Gasteiger partial charge in [-0.3, -0.25) is 14.6 Å². The molecule has 1 N–H and O–H groups in total. The molecule has 0 aliphatic carbocycles. The van der Waals surface area contributed by atoms with Crippen LogP contribution in [0, 0.1) is 0 Å². The van der Waals surface area contributed by atoms with Crippen LogP contribution < -0.4 is 5.32 Å². The summed E-state index contributed by atoms with van der Waals surface area (Å²) in [4.78, 5) is 43.9. The minimum atomic E-state index is -0.665. The summed E-state index contributed by atoms with van der Waals surface area (Å²) in [6, 6.07) is 18.4. The Morgan fingerprint density at radius 1 is 1.10 bits per heavy atom. The fraction of sp³-hybridized carbons (Fsp3) is 0.323. The average Bonchev–Trinajstić information content (AvgIpc) is 3.29. The molecule has 4 rings (SSSR count). The summed E-state index contributed by atoms with van der Waals surface area (Å²) in [5, 5.41) is 6.18. The fourth-order valence-corrected chi connectivity index (χ4v) is 5.20. The van der Waals surface area contributed by atoms with Crippen LogP contribution in [0.25, 0.3) is 0 Å². The number of hydrazine groups is 1. The highest BCUT2D eigenvalue weighted by Gasteiger charge is 2.52. The third-order valence-corrected chi connectivity index (χ3v) is 7.37. The zero-order valence-electron chi connectivity index (χ0n) is 22.9. The van der Waals surface area contributed by atoms with Crippen molar-refractivity contribution in [2.45, 2.75) is 45.1 Å². The first-order valence-electron chi connectivity index (χ1n) is 13.2. The number of carbonyl (C=O) groups excluding carboxylic acids is 3. The third-order valence-electron chi connectivity index (χ3n) is 7.37. The molecule has 8 nitrogen and oxygen atoms in total. The Balaban J connectivity index is 1.60. The highest BCUT2D eigenvalue weighted by Crippen LogP contribution is 2.34. The molecule has 2 aromatic carbocycles. The van der Waals surface area contributed by atoms with Crippen molar-refractivity contribution >= 4 is 17.8 Å².